The molecule has 6 heteroatoms. The maximum atomic E-state index is 13.2. The fourth-order valence-electron chi connectivity index (χ4n) is 2.53. The molecule has 2 rings (SSSR count). The first-order valence-corrected chi connectivity index (χ1v) is 8.78. The van der Waals surface area contributed by atoms with Gasteiger partial charge in [-0.2, -0.15) is 9.69 Å². The van der Waals surface area contributed by atoms with Crippen LogP contribution in [0.4, 0.5) is 0 Å². The Morgan fingerprint density at radius 1 is 1.08 bits per heavy atom. The van der Waals surface area contributed by atoms with Gasteiger partial charge in [0, 0.05) is 28.0 Å². The van der Waals surface area contributed by atoms with Gasteiger partial charge in [0.25, 0.3) is 17.4 Å². The minimum absolute atomic E-state index is 0.296. The summed E-state index contributed by atoms with van der Waals surface area (Å²) in [5.74, 6) is -0.889. The lowest BCUT2D eigenvalue weighted by Crippen LogP contribution is -2.57. The average molecular weight is 357 g/mol. The van der Waals surface area contributed by atoms with Crippen LogP contribution in [0.25, 0.3) is 11.0 Å². The first-order chi connectivity index (χ1) is 11.9. The number of imide groups is 1. The summed E-state index contributed by atoms with van der Waals surface area (Å²) in [6.45, 7) is 12.2. The highest BCUT2D eigenvalue weighted by Crippen LogP contribution is 2.24. The van der Waals surface area contributed by atoms with Gasteiger partial charge < -0.3 is 0 Å². The van der Waals surface area contributed by atoms with Crippen LogP contribution in [-0.4, -0.2) is 21.5 Å². The van der Waals surface area contributed by atoms with E-state index in [2.05, 4.69) is 4.98 Å². The molecule has 0 bridgehead atoms. The standard InChI is InChI=1S/C20H27N3O3/c1-8-13-12-14-10-9-11-21-15(14)22(16(13)24)23(17(25)19(2,3)4)18(26)20(5,6)7/h9-12H,8H2,1-7H3. The van der Waals surface area contributed by atoms with E-state index >= 15 is 0 Å². The van der Waals surface area contributed by atoms with Gasteiger partial charge in [0.15, 0.2) is 5.65 Å². The van der Waals surface area contributed by atoms with E-state index < -0.39 is 28.2 Å². The third-order valence-corrected chi connectivity index (χ3v) is 4.06. The monoisotopic (exact) mass is 357 g/mol. The number of pyridine rings is 2. The first-order valence-electron chi connectivity index (χ1n) is 8.78. The molecular formula is C20H27N3O3. The summed E-state index contributed by atoms with van der Waals surface area (Å²) in [5, 5.41) is 1.69. The number of aryl methyl sites for hydroxylation is 1. The Bertz CT molecular complexity index is 889. The molecule has 0 N–H and O–H groups in total. The van der Waals surface area contributed by atoms with Crippen molar-refractivity contribution in [3.05, 3.63) is 40.3 Å². The second-order valence-corrected chi connectivity index (χ2v) is 8.48. The predicted octanol–water partition coefficient (Wildman–Crippen LogP) is 3.04. The molecule has 0 aliphatic carbocycles. The molecule has 0 aromatic carbocycles. The highest BCUT2D eigenvalue weighted by molar-refractivity contribution is 6.12. The van der Waals surface area contributed by atoms with Crippen molar-refractivity contribution in [2.24, 2.45) is 10.8 Å². The predicted molar refractivity (Wildman–Crippen MR) is 103 cm³/mol. The number of carbonyl (C=O) groups is 2. The highest BCUT2D eigenvalue weighted by atomic mass is 16.2. The van der Waals surface area contributed by atoms with Crippen LogP contribution in [0.3, 0.4) is 0 Å². The summed E-state index contributed by atoms with van der Waals surface area (Å²) in [6.07, 6.45) is 2.04. The Hall–Kier alpha value is -2.50. The minimum atomic E-state index is -0.844. The largest absolute Gasteiger partial charge is 0.274 e. The molecule has 2 aromatic heterocycles. The Morgan fingerprint density at radius 3 is 2.08 bits per heavy atom. The third kappa shape index (κ3) is 3.54. The van der Waals surface area contributed by atoms with Crippen molar-refractivity contribution in [3.63, 3.8) is 0 Å². The Balaban J connectivity index is 2.93. The minimum Gasteiger partial charge on any atom is -0.272 e. The number of aromatic nitrogens is 2. The lowest BCUT2D eigenvalue weighted by atomic mass is 9.91. The summed E-state index contributed by atoms with van der Waals surface area (Å²) in [7, 11) is 0. The van der Waals surface area contributed by atoms with E-state index in [9.17, 15) is 14.4 Å². The maximum Gasteiger partial charge on any atom is 0.274 e. The van der Waals surface area contributed by atoms with Crippen LogP contribution in [0, 0.1) is 10.8 Å². The fourth-order valence-corrected chi connectivity index (χ4v) is 2.53. The van der Waals surface area contributed by atoms with Gasteiger partial charge in [0.05, 0.1) is 0 Å². The smallest absolute Gasteiger partial charge is 0.272 e. The number of fused-ring (bicyclic) bond motifs is 1. The molecule has 0 radical (unpaired) electrons. The zero-order valence-electron chi connectivity index (χ0n) is 16.6. The van der Waals surface area contributed by atoms with Gasteiger partial charge in [0.1, 0.15) is 0 Å². The molecule has 2 aromatic rings. The molecule has 6 nitrogen and oxygen atoms in total. The van der Waals surface area contributed by atoms with Crippen molar-refractivity contribution < 1.29 is 9.59 Å². The van der Waals surface area contributed by atoms with E-state index in [4.69, 9.17) is 0 Å². The number of hydrogen-bond acceptors (Lipinski definition) is 4. The molecule has 140 valence electrons. The Kier molecular flexibility index (Phi) is 5.08. The Labute approximate surface area is 153 Å². The van der Waals surface area contributed by atoms with Gasteiger partial charge in [-0.15, -0.1) is 0 Å². The second-order valence-electron chi connectivity index (χ2n) is 8.48. The van der Waals surface area contributed by atoms with Gasteiger partial charge in [-0.1, -0.05) is 48.5 Å². The molecule has 0 fully saturated rings. The molecule has 0 aliphatic rings. The molecule has 0 saturated heterocycles. The van der Waals surface area contributed by atoms with Crippen LogP contribution in [0.5, 0.6) is 0 Å². The normalized spacial score (nSPS) is 12.3. The van der Waals surface area contributed by atoms with Gasteiger partial charge in [-0.3, -0.25) is 14.4 Å². The van der Waals surface area contributed by atoms with E-state index in [1.807, 2.05) is 13.0 Å². The van der Waals surface area contributed by atoms with Crippen molar-refractivity contribution in [2.45, 2.75) is 54.9 Å². The van der Waals surface area contributed by atoms with Crippen molar-refractivity contribution >= 4 is 22.8 Å². The quantitative estimate of drug-likeness (QED) is 0.828. The highest BCUT2D eigenvalue weighted by Gasteiger charge is 2.39. The van der Waals surface area contributed by atoms with E-state index in [0.717, 1.165) is 9.69 Å². The van der Waals surface area contributed by atoms with Crippen molar-refractivity contribution in [3.8, 4) is 0 Å². The fraction of sp³-hybridized carbons (Fsp3) is 0.500. The molecule has 2 heterocycles. The zero-order valence-corrected chi connectivity index (χ0v) is 16.6. The lowest BCUT2D eigenvalue weighted by Gasteiger charge is -2.33. The van der Waals surface area contributed by atoms with Crippen molar-refractivity contribution in [1.82, 2.24) is 9.66 Å². The number of hydrogen-bond donors (Lipinski definition) is 0. The first kappa shape index (κ1) is 19.8. The molecule has 0 atom stereocenters. The SMILES string of the molecule is CCc1cc2cccnc2n(N(C(=O)C(C)(C)C)C(=O)C(C)(C)C)c1=O. The number of rotatable bonds is 2. The summed E-state index contributed by atoms with van der Waals surface area (Å²) in [4.78, 5) is 43.7. The van der Waals surface area contributed by atoms with Crippen LogP contribution in [-0.2, 0) is 16.0 Å². The van der Waals surface area contributed by atoms with Gasteiger partial charge in [-0.05, 0) is 24.6 Å². The summed E-state index contributed by atoms with van der Waals surface area (Å²) in [6, 6.07) is 5.35. The number of amides is 2. The summed E-state index contributed by atoms with van der Waals surface area (Å²) >= 11 is 0. The maximum absolute atomic E-state index is 13.2. The Morgan fingerprint density at radius 2 is 1.62 bits per heavy atom. The van der Waals surface area contributed by atoms with E-state index in [1.54, 1.807) is 59.9 Å². The number of carbonyl (C=O) groups excluding carboxylic acids is 2. The zero-order chi connectivity index (χ0) is 19.9. The van der Waals surface area contributed by atoms with Crippen molar-refractivity contribution in [2.75, 3.05) is 5.01 Å². The molecule has 0 saturated carbocycles. The summed E-state index contributed by atoms with van der Waals surface area (Å²) in [5.41, 5.74) is -1.26. The van der Waals surface area contributed by atoms with Crippen LogP contribution in [0.1, 0.15) is 54.0 Å². The topological polar surface area (TPSA) is 72.3 Å². The van der Waals surface area contributed by atoms with E-state index in [-0.39, 0.29) is 0 Å². The van der Waals surface area contributed by atoms with Crippen LogP contribution < -0.4 is 10.6 Å². The average Bonchev–Trinajstić information content (AvgIpc) is 2.54. The molecule has 2 amide bonds. The van der Waals surface area contributed by atoms with E-state index in [0.29, 0.717) is 23.0 Å². The van der Waals surface area contributed by atoms with Crippen LogP contribution in [0.2, 0.25) is 0 Å². The van der Waals surface area contributed by atoms with Crippen LogP contribution in [0.15, 0.2) is 29.2 Å². The molecule has 0 unspecified atom stereocenters. The van der Waals surface area contributed by atoms with Gasteiger partial charge in [-0.25, -0.2) is 4.98 Å². The molecule has 0 spiro atoms. The lowest BCUT2D eigenvalue weighted by molar-refractivity contribution is -0.137. The second kappa shape index (κ2) is 6.67. The van der Waals surface area contributed by atoms with Crippen LogP contribution >= 0.6 is 0 Å². The number of nitrogens with zero attached hydrogens (tertiary/aromatic N) is 3. The van der Waals surface area contributed by atoms with Crippen molar-refractivity contribution in [1.29, 1.82) is 0 Å². The molecule has 0 aliphatic heterocycles. The van der Waals surface area contributed by atoms with Gasteiger partial charge >= 0.3 is 0 Å². The third-order valence-electron chi connectivity index (χ3n) is 4.06. The summed E-state index contributed by atoms with van der Waals surface area (Å²) < 4.78 is 1.15. The molecule has 26 heavy (non-hydrogen) atoms. The van der Waals surface area contributed by atoms with E-state index in [1.165, 1.54) is 0 Å². The molecular weight excluding hydrogens is 330 g/mol. The van der Waals surface area contributed by atoms with Gasteiger partial charge in [0.2, 0.25) is 0 Å².